The lowest BCUT2D eigenvalue weighted by atomic mass is 10.1. The van der Waals surface area contributed by atoms with E-state index in [4.69, 9.17) is 0 Å². The van der Waals surface area contributed by atoms with Crippen LogP contribution in [0.4, 0.5) is 5.69 Å². The van der Waals surface area contributed by atoms with Gasteiger partial charge in [0.2, 0.25) is 0 Å². The predicted octanol–water partition coefficient (Wildman–Crippen LogP) is 3.09. The third-order valence-electron chi connectivity index (χ3n) is 3.50. The normalized spacial score (nSPS) is 10.9. The summed E-state index contributed by atoms with van der Waals surface area (Å²) in [5.41, 5.74) is 6.30. The monoisotopic (exact) mass is 267 g/mol. The number of nitrogens with one attached hydrogen (secondary N) is 3. The highest BCUT2D eigenvalue weighted by molar-refractivity contribution is 5.78. The van der Waals surface area contributed by atoms with E-state index in [1.165, 1.54) is 16.7 Å². The number of imidazole rings is 1. The molecule has 4 nitrogen and oxygen atoms in total. The highest BCUT2D eigenvalue weighted by atomic mass is 16.1. The summed E-state index contributed by atoms with van der Waals surface area (Å²) in [5, 5.41) is 3.39. The number of hydrogen-bond donors (Lipinski definition) is 3. The zero-order valence-corrected chi connectivity index (χ0v) is 11.6. The first kappa shape index (κ1) is 12.5. The average molecular weight is 267 g/mol. The Balaban J connectivity index is 1.80. The van der Waals surface area contributed by atoms with E-state index in [0.717, 1.165) is 23.3 Å². The molecule has 1 heterocycles. The van der Waals surface area contributed by atoms with Crippen molar-refractivity contribution < 1.29 is 0 Å². The van der Waals surface area contributed by atoms with Crippen molar-refractivity contribution in [2.75, 3.05) is 5.32 Å². The second-order valence-corrected chi connectivity index (χ2v) is 5.12. The molecule has 0 saturated heterocycles. The lowest BCUT2D eigenvalue weighted by Crippen LogP contribution is -2.01. The van der Waals surface area contributed by atoms with Crippen molar-refractivity contribution >= 4 is 16.7 Å². The van der Waals surface area contributed by atoms with E-state index in [2.05, 4.69) is 47.3 Å². The number of aryl methyl sites for hydroxylation is 2. The van der Waals surface area contributed by atoms with E-state index in [9.17, 15) is 4.79 Å². The van der Waals surface area contributed by atoms with Crippen molar-refractivity contribution in [1.29, 1.82) is 0 Å². The fraction of sp³-hybridized carbons (Fsp3) is 0.188. The summed E-state index contributed by atoms with van der Waals surface area (Å²) in [5.74, 6) is 0. The Labute approximate surface area is 116 Å². The second kappa shape index (κ2) is 4.89. The van der Waals surface area contributed by atoms with Gasteiger partial charge in [0.25, 0.3) is 0 Å². The quantitative estimate of drug-likeness (QED) is 0.683. The Hall–Kier alpha value is -2.49. The van der Waals surface area contributed by atoms with Crippen LogP contribution in [0.25, 0.3) is 11.0 Å². The van der Waals surface area contributed by atoms with Crippen molar-refractivity contribution in [1.82, 2.24) is 9.97 Å². The Bertz CT molecular complexity index is 814. The second-order valence-electron chi connectivity index (χ2n) is 5.12. The van der Waals surface area contributed by atoms with Crippen LogP contribution in [-0.2, 0) is 6.54 Å². The van der Waals surface area contributed by atoms with Crippen LogP contribution in [-0.4, -0.2) is 9.97 Å². The molecule has 0 aliphatic rings. The van der Waals surface area contributed by atoms with E-state index in [1.807, 2.05) is 18.2 Å². The highest BCUT2D eigenvalue weighted by Gasteiger charge is 2.01. The van der Waals surface area contributed by atoms with E-state index >= 15 is 0 Å². The van der Waals surface area contributed by atoms with Gasteiger partial charge < -0.3 is 15.3 Å². The predicted molar refractivity (Wildman–Crippen MR) is 82.2 cm³/mol. The smallest absolute Gasteiger partial charge is 0.323 e. The summed E-state index contributed by atoms with van der Waals surface area (Å²) < 4.78 is 0. The minimum absolute atomic E-state index is 0.175. The van der Waals surface area contributed by atoms with E-state index in [1.54, 1.807) is 0 Å². The summed E-state index contributed by atoms with van der Waals surface area (Å²) in [6, 6.07) is 12.3. The lowest BCUT2D eigenvalue weighted by Gasteiger charge is -2.10. The van der Waals surface area contributed by atoms with Gasteiger partial charge in [-0.2, -0.15) is 0 Å². The fourth-order valence-electron chi connectivity index (χ4n) is 2.38. The van der Waals surface area contributed by atoms with Crippen LogP contribution in [0.15, 0.2) is 41.2 Å². The highest BCUT2D eigenvalue weighted by Crippen LogP contribution is 2.17. The summed E-state index contributed by atoms with van der Waals surface area (Å²) >= 11 is 0. The lowest BCUT2D eigenvalue weighted by molar-refractivity contribution is 1.11. The number of benzene rings is 2. The molecule has 3 N–H and O–H groups in total. The average Bonchev–Trinajstić information content (AvgIpc) is 2.77. The molecule has 102 valence electrons. The van der Waals surface area contributed by atoms with Gasteiger partial charge in [0.15, 0.2) is 0 Å². The molecule has 0 aliphatic carbocycles. The van der Waals surface area contributed by atoms with Gasteiger partial charge in [0, 0.05) is 12.2 Å². The minimum Gasteiger partial charge on any atom is -0.381 e. The van der Waals surface area contributed by atoms with Crippen LogP contribution in [0.3, 0.4) is 0 Å². The van der Waals surface area contributed by atoms with Gasteiger partial charge in [0.05, 0.1) is 11.0 Å². The van der Waals surface area contributed by atoms with Crippen LogP contribution in [0.2, 0.25) is 0 Å². The van der Waals surface area contributed by atoms with Gasteiger partial charge in [-0.25, -0.2) is 4.79 Å². The van der Waals surface area contributed by atoms with Crippen LogP contribution in [0.1, 0.15) is 16.7 Å². The van der Waals surface area contributed by atoms with Gasteiger partial charge in [-0.05, 0) is 43.2 Å². The van der Waals surface area contributed by atoms with Gasteiger partial charge in [-0.15, -0.1) is 0 Å². The maximum absolute atomic E-state index is 11.2. The molecule has 1 aromatic heterocycles. The molecule has 4 heteroatoms. The van der Waals surface area contributed by atoms with Crippen molar-refractivity contribution in [3.8, 4) is 0 Å². The Kier molecular flexibility index (Phi) is 3.06. The van der Waals surface area contributed by atoms with Gasteiger partial charge in [0.1, 0.15) is 0 Å². The van der Waals surface area contributed by atoms with Crippen molar-refractivity contribution in [2.45, 2.75) is 20.4 Å². The first-order chi connectivity index (χ1) is 9.61. The summed E-state index contributed by atoms with van der Waals surface area (Å²) in [6.07, 6.45) is 0. The summed E-state index contributed by atoms with van der Waals surface area (Å²) in [4.78, 5) is 16.7. The van der Waals surface area contributed by atoms with Gasteiger partial charge in [-0.1, -0.05) is 23.8 Å². The molecule has 0 fully saturated rings. The maximum atomic E-state index is 11.2. The Morgan fingerprint density at radius 2 is 1.80 bits per heavy atom. The molecule has 20 heavy (non-hydrogen) atoms. The maximum Gasteiger partial charge on any atom is 0.323 e. The molecule has 0 atom stereocenters. The topological polar surface area (TPSA) is 60.7 Å². The van der Waals surface area contributed by atoms with Crippen molar-refractivity contribution in [2.24, 2.45) is 0 Å². The molecule has 3 rings (SSSR count). The molecule has 2 aromatic carbocycles. The first-order valence-corrected chi connectivity index (χ1v) is 6.64. The number of hydrogen-bond acceptors (Lipinski definition) is 2. The first-order valence-electron chi connectivity index (χ1n) is 6.64. The number of aromatic amines is 2. The molecule has 0 bridgehead atoms. The number of aromatic nitrogens is 2. The molecule has 0 aliphatic heterocycles. The van der Waals surface area contributed by atoms with Crippen LogP contribution < -0.4 is 11.0 Å². The van der Waals surface area contributed by atoms with Crippen molar-refractivity contribution in [3.63, 3.8) is 0 Å². The van der Waals surface area contributed by atoms with E-state index < -0.39 is 0 Å². The molecular weight excluding hydrogens is 250 g/mol. The molecule has 0 saturated carbocycles. The zero-order valence-electron chi connectivity index (χ0n) is 11.6. The largest absolute Gasteiger partial charge is 0.381 e. The standard InChI is InChI=1S/C16H17N3O/c1-10-3-4-12(11(2)7-10)9-17-13-5-6-14-15(8-13)19-16(20)18-14/h3-8,17H,9H2,1-2H3,(H2,18,19,20). The SMILES string of the molecule is Cc1ccc(CNc2ccc3[nH]c(=O)[nH]c3c2)c(C)c1. The molecule has 3 aromatic rings. The van der Waals surface area contributed by atoms with Crippen molar-refractivity contribution in [3.05, 3.63) is 63.6 Å². The third-order valence-corrected chi connectivity index (χ3v) is 3.50. The molecular formula is C16H17N3O. The van der Waals surface area contributed by atoms with Gasteiger partial charge in [-0.3, -0.25) is 0 Å². The number of H-pyrrole nitrogens is 2. The Morgan fingerprint density at radius 3 is 2.60 bits per heavy atom. The Morgan fingerprint density at radius 1 is 1.00 bits per heavy atom. The fourth-order valence-corrected chi connectivity index (χ4v) is 2.38. The van der Waals surface area contributed by atoms with Gasteiger partial charge >= 0.3 is 5.69 Å². The third kappa shape index (κ3) is 2.45. The zero-order chi connectivity index (χ0) is 14.1. The molecule has 0 unspecified atom stereocenters. The molecule has 0 spiro atoms. The van der Waals surface area contributed by atoms with E-state index in [0.29, 0.717) is 0 Å². The summed E-state index contributed by atoms with van der Waals surface area (Å²) in [7, 11) is 0. The number of rotatable bonds is 3. The molecule has 0 amide bonds. The van der Waals surface area contributed by atoms with Crippen LogP contribution >= 0.6 is 0 Å². The summed E-state index contributed by atoms with van der Waals surface area (Å²) in [6.45, 7) is 4.99. The van der Waals surface area contributed by atoms with Crippen LogP contribution in [0, 0.1) is 13.8 Å². The molecule has 0 radical (unpaired) electrons. The van der Waals surface area contributed by atoms with E-state index in [-0.39, 0.29) is 5.69 Å². The number of fused-ring (bicyclic) bond motifs is 1. The van der Waals surface area contributed by atoms with Crippen LogP contribution in [0.5, 0.6) is 0 Å². The minimum atomic E-state index is -0.175. The number of anilines is 1.